The number of hydrogen-bond donors (Lipinski definition) is 0. The van der Waals surface area contributed by atoms with Gasteiger partial charge in [0, 0.05) is 0 Å². The van der Waals surface area contributed by atoms with Crippen LogP contribution in [0.5, 0.6) is 0 Å². The lowest BCUT2D eigenvalue weighted by Gasteiger charge is -2.04. The second-order valence-corrected chi connectivity index (χ2v) is 7.50. The van der Waals surface area contributed by atoms with E-state index < -0.39 is 16.1 Å². The lowest BCUT2D eigenvalue weighted by molar-refractivity contribution is 0.0600. The number of benzene rings is 2. The largest absolute Gasteiger partial charge is 0.465 e. The van der Waals surface area contributed by atoms with Crippen LogP contribution < -0.4 is 0 Å². The van der Waals surface area contributed by atoms with Crippen molar-refractivity contribution in [3.05, 3.63) is 72.1 Å². The van der Waals surface area contributed by atoms with Crippen molar-refractivity contribution in [3.63, 3.8) is 0 Å². The maximum absolute atomic E-state index is 12.0. The van der Waals surface area contributed by atoms with Gasteiger partial charge in [0.15, 0.2) is 0 Å². The Balaban J connectivity index is 1.53. The Morgan fingerprint density at radius 1 is 1.07 bits per heavy atom. The number of hydrogen-bond acceptors (Lipinski definition) is 7. The van der Waals surface area contributed by atoms with Crippen LogP contribution in [-0.2, 0) is 25.5 Å². The molecule has 0 aliphatic rings. The van der Waals surface area contributed by atoms with Crippen molar-refractivity contribution in [2.75, 3.05) is 13.7 Å². The van der Waals surface area contributed by atoms with Crippen molar-refractivity contribution in [3.8, 4) is 5.69 Å². The number of ether oxygens (including phenoxy) is 1. The Morgan fingerprint density at radius 3 is 2.46 bits per heavy atom. The maximum atomic E-state index is 12.0. The van der Waals surface area contributed by atoms with E-state index in [-0.39, 0.29) is 11.5 Å². The summed E-state index contributed by atoms with van der Waals surface area (Å²) in [4.78, 5) is 11.6. The molecule has 2 aromatic carbocycles. The maximum Gasteiger partial charge on any atom is 0.337 e. The molecule has 0 saturated carbocycles. The highest BCUT2D eigenvalue weighted by Gasteiger charge is 2.14. The summed E-state index contributed by atoms with van der Waals surface area (Å²) in [6, 6.07) is 14.8. The van der Waals surface area contributed by atoms with Gasteiger partial charge in [0.2, 0.25) is 0 Å². The Hall–Kier alpha value is -3.04. The van der Waals surface area contributed by atoms with Gasteiger partial charge in [0.25, 0.3) is 10.1 Å². The zero-order chi connectivity index (χ0) is 20.0. The number of aryl methyl sites for hydroxylation is 1. The summed E-state index contributed by atoms with van der Waals surface area (Å²) < 4.78 is 35.4. The summed E-state index contributed by atoms with van der Waals surface area (Å²) in [5.41, 5.74) is 1.90. The van der Waals surface area contributed by atoms with Gasteiger partial charge in [0.05, 0.1) is 41.8 Å². The highest BCUT2D eigenvalue weighted by Crippen LogP contribution is 2.13. The minimum Gasteiger partial charge on any atom is -0.465 e. The molecule has 0 amide bonds. The zero-order valence-corrected chi connectivity index (χ0v) is 16.0. The summed E-state index contributed by atoms with van der Waals surface area (Å²) in [7, 11) is -2.42. The van der Waals surface area contributed by atoms with Crippen molar-refractivity contribution >= 4 is 16.1 Å². The molecule has 0 fully saturated rings. The van der Waals surface area contributed by atoms with E-state index >= 15 is 0 Å². The van der Waals surface area contributed by atoms with Crippen LogP contribution in [0, 0.1) is 0 Å². The molecule has 0 unspecified atom stereocenters. The molecule has 0 bridgehead atoms. The second kappa shape index (κ2) is 8.77. The molecule has 0 aliphatic carbocycles. The molecule has 8 nitrogen and oxygen atoms in total. The van der Waals surface area contributed by atoms with E-state index in [4.69, 9.17) is 4.18 Å². The van der Waals surface area contributed by atoms with Gasteiger partial charge in [0.1, 0.15) is 0 Å². The Labute approximate surface area is 162 Å². The number of nitrogens with zero attached hydrogens (tertiary/aromatic N) is 3. The summed E-state index contributed by atoms with van der Waals surface area (Å²) in [5.74, 6) is -0.406. The first-order valence-electron chi connectivity index (χ1n) is 8.54. The number of carbonyl (C=O) groups excluding carboxylic acids is 1. The fraction of sp³-hybridized carbons (Fsp3) is 0.211. The molecule has 146 valence electrons. The minimum absolute atomic E-state index is 0.0535. The third kappa shape index (κ3) is 4.81. The third-order valence-corrected chi connectivity index (χ3v) is 5.27. The smallest absolute Gasteiger partial charge is 0.337 e. The fourth-order valence-corrected chi connectivity index (χ4v) is 3.45. The van der Waals surface area contributed by atoms with E-state index in [0.717, 1.165) is 5.69 Å². The SMILES string of the molecule is COC(=O)c1ccc(-n2cc(CCCOS(=O)(=O)c3ccccc3)nn2)cc1. The molecule has 0 N–H and O–H groups in total. The summed E-state index contributed by atoms with van der Waals surface area (Å²) in [6.45, 7) is 0.0535. The first-order valence-corrected chi connectivity index (χ1v) is 9.95. The predicted octanol–water partition coefficient (Wildman–Crippen LogP) is 2.39. The van der Waals surface area contributed by atoms with Crippen LogP contribution in [0.2, 0.25) is 0 Å². The first-order chi connectivity index (χ1) is 13.5. The predicted molar refractivity (Wildman–Crippen MR) is 101 cm³/mol. The number of rotatable bonds is 8. The molecule has 3 rings (SSSR count). The third-order valence-electron chi connectivity index (χ3n) is 3.94. The standard InChI is InChI=1S/C19H19N3O5S/c1-26-19(23)15-9-11-17(12-10-15)22-14-16(20-21-22)6-5-13-27-28(24,25)18-7-3-2-4-8-18/h2-4,7-12,14H,5-6,13H2,1H3. The molecule has 0 atom stereocenters. The number of aromatic nitrogens is 3. The van der Waals surface area contributed by atoms with Gasteiger partial charge in [-0.1, -0.05) is 23.4 Å². The van der Waals surface area contributed by atoms with Crippen molar-refractivity contribution in [2.24, 2.45) is 0 Å². The topological polar surface area (TPSA) is 100 Å². The van der Waals surface area contributed by atoms with Crippen LogP contribution >= 0.6 is 0 Å². The van der Waals surface area contributed by atoms with Crippen molar-refractivity contribution in [1.29, 1.82) is 0 Å². The minimum atomic E-state index is -3.74. The van der Waals surface area contributed by atoms with Gasteiger partial charge in [-0.2, -0.15) is 8.42 Å². The average Bonchev–Trinajstić information content (AvgIpc) is 3.20. The molecular formula is C19H19N3O5S. The molecular weight excluding hydrogens is 382 g/mol. The van der Waals surface area contributed by atoms with Crippen LogP contribution in [0.4, 0.5) is 0 Å². The fourth-order valence-electron chi connectivity index (χ4n) is 2.48. The quantitative estimate of drug-likeness (QED) is 0.324. The number of methoxy groups -OCH3 is 1. The van der Waals surface area contributed by atoms with E-state index in [9.17, 15) is 13.2 Å². The normalized spacial score (nSPS) is 11.3. The zero-order valence-electron chi connectivity index (χ0n) is 15.2. The lowest BCUT2D eigenvalue weighted by Crippen LogP contribution is -2.08. The van der Waals surface area contributed by atoms with Gasteiger partial charge < -0.3 is 4.74 Å². The van der Waals surface area contributed by atoms with Gasteiger partial charge in [-0.25, -0.2) is 9.48 Å². The highest BCUT2D eigenvalue weighted by molar-refractivity contribution is 7.86. The summed E-state index contributed by atoms with van der Waals surface area (Å²) in [6.07, 6.45) is 2.75. The molecule has 1 heterocycles. The van der Waals surface area contributed by atoms with Gasteiger partial charge >= 0.3 is 5.97 Å². The number of esters is 1. The van der Waals surface area contributed by atoms with Crippen molar-refractivity contribution < 1.29 is 22.1 Å². The Bertz CT molecular complexity index is 1030. The Kier molecular flexibility index (Phi) is 6.17. The van der Waals surface area contributed by atoms with E-state index in [1.54, 1.807) is 53.3 Å². The van der Waals surface area contributed by atoms with Gasteiger partial charge in [-0.3, -0.25) is 4.18 Å². The van der Waals surface area contributed by atoms with E-state index in [1.165, 1.54) is 19.2 Å². The van der Waals surface area contributed by atoms with E-state index in [1.807, 2.05) is 0 Å². The molecule has 9 heteroatoms. The van der Waals surface area contributed by atoms with Crippen LogP contribution in [0.1, 0.15) is 22.5 Å². The molecule has 0 aliphatic heterocycles. The first kappa shape index (κ1) is 19.7. The molecule has 3 aromatic rings. The van der Waals surface area contributed by atoms with Gasteiger partial charge in [-0.05, 0) is 49.2 Å². The van der Waals surface area contributed by atoms with E-state index in [2.05, 4.69) is 15.0 Å². The monoisotopic (exact) mass is 401 g/mol. The van der Waals surface area contributed by atoms with Gasteiger partial charge in [-0.15, -0.1) is 5.10 Å². The molecule has 0 saturated heterocycles. The average molecular weight is 401 g/mol. The molecule has 28 heavy (non-hydrogen) atoms. The van der Waals surface area contributed by atoms with Crippen molar-refractivity contribution in [1.82, 2.24) is 15.0 Å². The van der Waals surface area contributed by atoms with Crippen LogP contribution in [0.25, 0.3) is 5.69 Å². The molecule has 1 aromatic heterocycles. The van der Waals surface area contributed by atoms with Crippen LogP contribution in [0.15, 0.2) is 65.7 Å². The van der Waals surface area contributed by atoms with Crippen molar-refractivity contribution in [2.45, 2.75) is 17.7 Å². The van der Waals surface area contributed by atoms with E-state index in [0.29, 0.717) is 24.1 Å². The summed E-state index contributed by atoms with van der Waals surface area (Å²) in [5, 5.41) is 8.12. The Morgan fingerprint density at radius 2 is 1.79 bits per heavy atom. The van der Waals surface area contributed by atoms with Crippen LogP contribution in [-0.4, -0.2) is 43.1 Å². The molecule has 0 radical (unpaired) electrons. The lowest BCUT2D eigenvalue weighted by atomic mass is 10.2. The summed E-state index contributed by atoms with van der Waals surface area (Å²) >= 11 is 0. The van der Waals surface area contributed by atoms with Crippen LogP contribution in [0.3, 0.4) is 0 Å². The molecule has 0 spiro atoms. The number of carbonyl (C=O) groups is 1. The highest BCUT2D eigenvalue weighted by atomic mass is 32.2. The second-order valence-electron chi connectivity index (χ2n) is 5.89.